The lowest BCUT2D eigenvalue weighted by atomic mass is 9.81. The number of carbonyl (C=O) groups excluding carboxylic acids is 2. The predicted octanol–water partition coefficient (Wildman–Crippen LogP) is 2.35. The highest BCUT2D eigenvalue weighted by Gasteiger charge is 2.43. The highest BCUT2D eigenvalue weighted by molar-refractivity contribution is 5.93. The SMILES string of the molecule is Cc1ccc(NC(=O)C2CCN(C(=O)C3NNC4CCCCC43)CC2)cc1F. The second-order valence-corrected chi connectivity index (χ2v) is 8.37. The summed E-state index contributed by atoms with van der Waals surface area (Å²) in [6, 6.07) is 4.99. The van der Waals surface area contributed by atoms with Gasteiger partial charge in [0, 0.05) is 36.7 Å². The number of hydrogen-bond donors (Lipinski definition) is 3. The molecule has 2 aliphatic heterocycles. The fraction of sp³-hybridized carbons (Fsp3) is 0.619. The van der Waals surface area contributed by atoms with Gasteiger partial charge in [-0.3, -0.25) is 15.0 Å². The van der Waals surface area contributed by atoms with Gasteiger partial charge in [-0.25, -0.2) is 9.82 Å². The van der Waals surface area contributed by atoms with Crippen LogP contribution in [0.15, 0.2) is 18.2 Å². The number of carbonyl (C=O) groups is 2. The number of likely N-dealkylation sites (tertiary alicyclic amines) is 1. The van der Waals surface area contributed by atoms with E-state index in [9.17, 15) is 14.0 Å². The Hall–Kier alpha value is -1.99. The van der Waals surface area contributed by atoms with Crippen LogP contribution >= 0.6 is 0 Å². The van der Waals surface area contributed by atoms with E-state index in [0.29, 0.717) is 49.1 Å². The number of anilines is 1. The third kappa shape index (κ3) is 3.91. The Kier molecular flexibility index (Phi) is 5.64. The van der Waals surface area contributed by atoms with Crippen LogP contribution in [-0.2, 0) is 9.59 Å². The van der Waals surface area contributed by atoms with E-state index in [1.165, 1.54) is 18.9 Å². The van der Waals surface area contributed by atoms with Crippen molar-refractivity contribution in [3.05, 3.63) is 29.6 Å². The molecule has 3 atom stereocenters. The van der Waals surface area contributed by atoms with Crippen molar-refractivity contribution in [3.63, 3.8) is 0 Å². The van der Waals surface area contributed by atoms with Gasteiger partial charge in [0.05, 0.1) is 0 Å². The van der Waals surface area contributed by atoms with Crippen molar-refractivity contribution < 1.29 is 14.0 Å². The van der Waals surface area contributed by atoms with E-state index in [0.717, 1.165) is 12.8 Å². The van der Waals surface area contributed by atoms with Gasteiger partial charge in [-0.05, 0) is 50.3 Å². The summed E-state index contributed by atoms with van der Waals surface area (Å²) >= 11 is 0. The van der Waals surface area contributed by atoms with Gasteiger partial charge in [-0.2, -0.15) is 0 Å². The second-order valence-electron chi connectivity index (χ2n) is 8.37. The Labute approximate surface area is 165 Å². The first-order chi connectivity index (χ1) is 13.5. The van der Waals surface area contributed by atoms with Crippen LogP contribution in [0, 0.1) is 24.6 Å². The van der Waals surface area contributed by atoms with Gasteiger partial charge < -0.3 is 10.2 Å². The average Bonchev–Trinajstić information content (AvgIpc) is 3.14. The first kappa shape index (κ1) is 19.3. The number of fused-ring (bicyclic) bond motifs is 1. The summed E-state index contributed by atoms with van der Waals surface area (Å²) in [4.78, 5) is 27.4. The number of rotatable bonds is 3. The number of amides is 2. The molecule has 0 spiro atoms. The molecule has 6 nitrogen and oxygen atoms in total. The van der Waals surface area contributed by atoms with Gasteiger partial charge in [0.1, 0.15) is 11.9 Å². The molecule has 7 heteroatoms. The van der Waals surface area contributed by atoms with Crippen molar-refractivity contribution in [3.8, 4) is 0 Å². The summed E-state index contributed by atoms with van der Waals surface area (Å²) in [7, 11) is 0. The molecule has 1 saturated carbocycles. The van der Waals surface area contributed by atoms with Gasteiger partial charge in [0.25, 0.3) is 0 Å². The summed E-state index contributed by atoms with van der Waals surface area (Å²) in [6.07, 6.45) is 5.91. The molecule has 3 aliphatic rings. The minimum Gasteiger partial charge on any atom is -0.341 e. The van der Waals surface area contributed by atoms with E-state index in [4.69, 9.17) is 0 Å². The van der Waals surface area contributed by atoms with Gasteiger partial charge in [0.15, 0.2) is 0 Å². The Morgan fingerprint density at radius 1 is 1.11 bits per heavy atom. The molecule has 2 heterocycles. The molecule has 3 fully saturated rings. The molecule has 28 heavy (non-hydrogen) atoms. The zero-order chi connectivity index (χ0) is 19.7. The van der Waals surface area contributed by atoms with E-state index in [1.807, 2.05) is 4.90 Å². The molecule has 1 aromatic rings. The van der Waals surface area contributed by atoms with Crippen LogP contribution in [0.2, 0.25) is 0 Å². The highest BCUT2D eigenvalue weighted by Crippen LogP contribution is 2.31. The van der Waals surface area contributed by atoms with Crippen LogP contribution in [0.4, 0.5) is 10.1 Å². The van der Waals surface area contributed by atoms with Crippen molar-refractivity contribution in [2.75, 3.05) is 18.4 Å². The summed E-state index contributed by atoms with van der Waals surface area (Å²) in [5, 5.41) is 2.81. The normalized spacial score (nSPS) is 28.1. The maximum absolute atomic E-state index is 13.7. The number of nitrogens with one attached hydrogen (secondary N) is 3. The molecule has 0 aromatic heterocycles. The van der Waals surface area contributed by atoms with Crippen molar-refractivity contribution in [2.24, 2.45) is 11.8 Å². The number of nitrogens with zero attached hydrogens (tertiary/aromatic N) is 1. The number of hydrogen-bond acceptors (Lipinski definition) is 4. The fourth-order valence-electron chi connectivity index (χ4n) is 4.76. The maximum Gasteiger partial charge on any atom is 0.241 e. The third-order valence-electron chi connectivity index (χ3n) is 6.55. The van der Waals surface area contributed by atoms with Crippen molar-refractivity contribution >= 4 is 17.5 Å². The number of hydrazine groups is 1. The lowest BCUT2D eigenvalue weighted by Gasteiger charge is -2.35. The monoisotopic (exact) mass is 388 g/mol. The van der Waals surface area contributed by atoms with Crippen molar-refractivity contribution in [2.45, 2.75) is 57.5 Å². The number of aryl methyl sites for hydroxylation is 1. The molecular formula is C21H29FN4O2. The maximum atomic E-state index is 13.7. The van der Waals surface area contributed by atoms with Crippen LogP contribution in [0.25, 0.3) is 0 Å². The molecule has 3 N–H and O–H groups in total. The Balaban J connectivity index is 1.29. The smallest absolute Gasteiger partial charge is 0.241 e. The average molecular weight is 388 g/mol. The number of halogens is 1. The van der Waals surface area contributed by atoms with Gasteiger partial charge >= 0.3 is 0 Å². The lowest BCUT2D eigenvalue weighted by Crippen LogP contribution is -2.51. The molecule has 2 amide bonds. The quantitative estimate of drug-likeness (QED) is 0.743. The Morgan fingerprint density at radius 3 is 2.61 bits per heavy atom. The first-order valence-electron chi connectivity index (χ1n) is 10.4. The summed E-state index contributed by atoms with van der Waals surface area (Å²) in [5.41, 5.74) is 7.55. The molecule has 4 rings (SSSR count). The third-order valence-corrected chi connectivity index (χ3v) is 6.55. The summed E-state index contributed by atoms with van der Waals surface area (Å²) in [5.74, 6) is -0.0363. The standard InChI is InChI=1S/C21H29FN4O2/c1-13-6-7-15(12-17(13)22)23-20(27)14-8-10-26(11-9-14)21(28)19-16-4-2-3-5-18(16)24-25-19/h6-7,12,14,16,18-19,24-25H,2-5,8-11H2,1H3,(H,23,27). The van der Waals surface area contributed by atoms with E-state index in [1.54, 1.807) is 19.1 Å². The topological polar surface area (TPSA) is 73.5 Å². The van der Waals surface area contributed by atoms with E-state index < -0.39 is 0 Å². The summed E-state index contributed by atoms with van der Waals surface area (Å²) in [6.45, 7) is 2.88. The van der Waals surface area contributed by atoms with Crippen LogP contribution in [-0.4, -0.2) is 41.9 Å². The zero-order valence-electron chi connectivity index (χ0n) is 16.3. The van der Waals surface area contributed by atoms with Gasteiger partial charge in [-0.15, -0.1) is 0 Å². The molecule has 1 aromatic carbocycles. The molecule has 2 saturated heterocycles. The largest absolute Gasteiger partial charge is 0.341 e. The first-order valence-corrected chi connectivity index (χ1v) is 10.4. The molecule has 0 radical (unpaired) electrons. The molecular weight excluding hydrogens is 359 g/mol. The van der Waals surface area contributed by atoms with Gasteiger partial charge in [0.2, 0.25) is 11.8 Å². The summed E-state index contributed by atoms with van der Waals surface area (Å²) < 4.78 is 13.7. The van der Waals surface area contributed by atoms with Crippen LogP contribution in [0.1, 0.15) is 44.1 Å². The minimum absolute atomic E-state index is 0.0941. The Bertz CT molecular complexity index is 748. The van der Waals surface area contributed by atoms with E-state index in [2.05, 4.69) is 16.2 Å². The van der Waals surface area contributed by atoms with E-state index >= 15 is 0 Å². The zero-order valence-corrected chi connectivity index (χ0v) is 16.3. The second kappa shape index (κ2) is 8.17. The van der Waals surface area contributed by atoms with Gasteiger partial charge in [-0.1, -0.05) is 18.9 Å². The highest BCUT2D eigenvalue weighted by atomic mass is 19.1. The van der Waals surface area contributed by atoms with Crippen molar-refractivity contribution in [1.82, 2.24) is 15.8 Å². The Morgan fingerprint density at radius 2 is 1.86 bits per heavy atom. The molecule has 1 aliphatic carbocycles. The number of piperidine rings is 1. The molecule has 3 unspecified atom stereocenters. The number of benzene rings is 1. The van der Waals surface area contributed by atoms with E-state index in [-0.39, 0.29) is 29.6 Å². The van der Waals surface area contributed by atoms with Crippen molar-refractivity contribution in [1.29, 1.82) is 0 Å². The molecule has 152 valence electrons. The van der Waals surface area contributed by atoms with Crippen LogP contribution in [0.5, 0.6) is 0 Å². The minimum atomic E-state index is -0.322. The predicted molar refractivity (Wildman–Crippen MR) is 105 cm³/mol. The lowest BCUT2D eigenvalue weighted by molar-refractivity contribution is -0.137. The van der Waals surface area contributed by atoms with Crippen LogP contribution in [0.3, 0.4) is 0 Å². The van der Waals surface area contributed by atoms with Crippen LogP contribution < -0.4 is 16.2 Å². The fourth-order valence-corrected chi connectivity index (χ4v) is 4.76. The molecule has 0 bridgehead atoms.